The van der Waals surface area contributed by atoms with E-state index in [0.29, 0.717) is 37.0 Å². The summed E-state index contributed by atoms with van der Waals surface area (Å²) in [6.45, 7) is 9.13. The van der Waals surface area contributed by atoms with Crippen molar-refractivity contribution in [3.8, 4) is 16.9 Å². The van der Waals surface area contributed by atoms with E-state index in [1.165, 1.54) is 0 Å². The van der Waals surface area contributed by atoms with Crippen molar-refractivity contribution in [2.24, 2.45) is 0 Å². The summed E-state index contributed by atoms with van der Waals surface area (Å²) >= 11 is 0. The van der Waals surface area contributed by atoms with Crippen molar-refractivity contribution in [3.63, 3.8) is 0 Å². The van der Waals surface area contributed by atoms with Crippen LogP contribution < -0.4 is 15.6 Å². The number of rotatable bonds is 10. The molecule has 1 N–H and O–H groups in total. The summed E-state index contributed by atoms with van der Waals surface area (Å²) in [5, 5.41) is 4.21. The third-order valence-corrected chi connectivity index (χ3v) is 7.12. The molecular formula is C30H35N5O3. The highest BCUT2D eigenvalue weighted by Gasteiger charge is 2.21. The van der Waals surface area contributed by atoms with Gasteiger partial charge in [-0.1, -0.05) is 44.2 Å². The second-order valence-corrected chi connectivity index (χ2v) is 9.45. The van der Waals surface area contributed by atoms with Crippen LogP contribution in [0.1, 0.15) is 32.7 Å². The Kier molecular flexibility index (Phi) is 8.31. The normalized spacial score (nSPS) is 14.2. The molecule has 8 nitrogen and oxygen atoms in total. The van der Waals surface area contributed by atoms with E-state index >= 15 is 0 Å². The number of fused-ring (bicyclic) bond motifs is 1. The lowest BCUT2D eigenvalue weighted by atomic mass is 10.0. The van der Waals surface area contributed by atoms with E-state index in [9.17, 15) is 4.79 Å². The largest absolute Gasteiger partial charge is 0.491 e. The highest BCUT2D eigenvalue weighted by Crippen LogP contribution is 2.29. The summed E-state index contributed by atoms with van der Waals surface area (Å²) in [4.78, 5) is 25.3. The minimum absolute atomic E-state index is 0.0112. The van der Waals surface area contributed by atoms with Gasteiger partial charge in [-0.2, -0.15) is 0 Å². The first-order valence-electron chi connectivity index (χ1n) is 13.4. The van der Waals surface area contributed by atoms with Gasteiger partial charge in [-0.15, -0.1) is 0 Å². The summed E-state index contributed by atoms with van der Waals surface area (Å²) in [7, 11) is 0. The molecule has 0 saturated carbocycles. The maximum absolute atomic E-state index is 13.8. The summed E-state index contributed by atoms with van der Waals surface area (Å²) in [5.41, 5.74) is 2.46. The van der Waals surface area contributed by atoms with Crippen LogP contribution in [0.4, 0.5) is 11.6 Å². The van der Waals surface area contributed by atoms with Crippen molar-refractivity contribution in [2.45, 2.75) is 32.7 Å². The number of benzene rings is 1. The molecule has 0 amide bonds. The van der Waals surface area contributed by atoms with Gasteiger partial charge in [0, 0.05) is 49.0 Å². The molecule has 3 aromatic heterocycles. The Balaban J connectivity index is 1.41. The van der Waals surface area contributed by atoms with Crippen molar-refractivity contribution in [1.82, 2.24) is 19.4 Å². The topological polar surface area (TPSA) is 81.5 Å². The molecule has 198 valence electrons. The van der Waals surface area contributed by atoms with Crippen LogP contribution in [0.2, 0.25) is 0 Å². The van der Waals surface area contributed by atoms with E-state index in [4.69, 9.17) is 9.47 Å². The maximum atomic E-state index is 13.8. The average molecular weight is 514 g/mol. The molecule has 5 rings (SSSR count). The molecule has 0 bridgehead atoms. The van der Waals surface area contributed by atoms with Gasteiger partial charge in [-0.3, -0.25) is 4.79 Å². The summed E-state index contributed by atoms with van der Waals surface area (Å²) in [6, 6.07) is 17.6. The molecule has 1 aliphatic heterocycles. The van der Waals surface area contributed by atoms with Gasteiger partial charge in [0.05, 0.1) is 11.7 Å². The van der Waals surface area contributed by atoms with Gasteiger partial charge < -0.3 is 24.3 Å². The molecule has 38 heavy (non-hydrogen) atoms. The molecule has 8 heteroatoms. The van der Waals surface area contributed by atoms with Crippen molar-refractivity contribution in [2.75, 3.05) is 44.8 Å². The third kappa shape index (κ3) is 5.87. The molecule has 4 heterocycles. The highest BCUT2D eigenvalue weighted by molar-refractivity contribution is 5.85. The van der Waals surface area contributed by atoms with E-state index < -0.39 is 0 Å². The van der Waals surface area contributed by atoms with Gasteiger partial charge in [-0.05, 0) is 49.7 Å². The second kappa shape index (κ2) is 12.2. The predicted molar refractivity (Wildman–Crippen MR) is 151 cm³/mol. The number of hydrogen-bond donors (Lipinski definition) is 1. The zero-order valence-corrected chi connectivity index (χ0v) is 22.1. The predicted octanol–water partition coefficient (Wildman–Crippen LogP) is 5.27. The summed E-state index contributed by atoms with van der Waals surface area (Å²) < 4.78 is 13.4. The first kappa shape index (κ1) is 25.9. The van der Waals surface area contributed by atoms with Crippen LogP contribution >= 0.6 is 0 Å². The molecule has 1 fully saturated rings. The SMILES string of the molecule is CCN(CC)CCOc1ccc(Nc2cc3c(cn2)cc(-c2ccccc2)c(=O)n3C2CCOCC2)nc1. The standard InChI is InChI=1S/C30H35N5O3/c1-3-34(4-2)14-17-38-25-10-11-28(32-21-25)33-29-19-27-23(20-31-29)18-26(22-8-6-5-7-9-22)30(36)35(27)24-12-15-37-16-13-24/h5-11,18-21,24H,3-4,12-17H2,1-2H3,(H,31,32,33). The number of anilines is 2. The molecule has 4 aromatic rings. The second-order valence-electron chi connectivity index (χ2n) is 9.45. The lowest BCUT2D eigenvalue weighted by Crippen LogP contribution is -2.30. The minimum atomic E-state index is 0.0112. The van der Waals surface area contributed by atoms with Crippen LogP contribution in [0.25, 0.3) is 22.0 Å². The summed E-state index contributed by atoms with van der Waals surface area (Å²) in [6.07, 6.45) is 5.14. The van der Waals surface area contributed by atoms with Gasteiger partial charge in [0.2, 0.25) is 0 Å². The monoisotopic (exact) mass is 513 g/mol. The molecule has 0 radical (unpaired) electrons. The van der Waals surface area contributed by atoms with Gasteiger partial charge in [0.15, 0.2) is 0 Å². The fourth-order valence-electron chi connectivity index (χ4n) is 4.93. The molecule has 1 saturated heterocycles. The Labute approximate surface area is 223 Å². The van der Waals surface area contributed by atoms with Gasteiger partial charge in [-0.25, -0.2) is 9.97 Å². The van der Waals surface area contributed by atoms with Gasteiger partial charge in [0.1, 0.15) is 24.0 Å². The zero-order chi connectivity index (χ0) is 26.3. The van der Waals surface area contributed by atoms with Crippen LogP contribution in [-0.2, 0) is 4.74 Å². The van der Waals surface area contributed by atoms with Gasteiger partial charge in [0.25, 0.3) is 5.56 Å². The molecular weight excluding hydrogens is 478 g/mol. The quantitative estimate of drug-likeness (QED) is 0.309. The third-order valence-electron chi connectivity index (χ3n) is 7.12. The van der Waals surface area contributed by atoms with Crippen molar-refractivity contribution in [3.05, 3.63) is 77.3 Å². The Morgan fingerprint density at radius 1 is 1.00 bits per heavy atom. The molecule has 1 aliphatic rings. The molecule has 0 spiro atoms. The van der Waals surface area contributed by atoms with Crippen LogP contribution in [0.3, 0.4) is 0 Å². The Bertz CT molecular complexity index is 1400. The molecule has 1 aromatic carbocycles. The van der Waals surface area contributed by atoms with E-state index in [0.717, 1.165) is 54.7 Å². The van der Waals surface area contributed by atoms with Crippen LogP contribution in [0.5, 0.6) is 5.75 Å². The van der Waals surface area contributed by atoms with E-state index in [1.54, 1.807) is 6.20 Å². The molecule has 0 aliphatic carbocycles. The van der Waals surface area contributed by atoms with Crippen molar-refractivity contribution in [1.29, 1.82) is 0 Å². The fourth-order valence-corrected chi connectivity index (χ4v) is 4.93. The molecule has 0 atom stereocenters. The smallest absolute Gasteiger partial charge is 0.259 e. The average Bonchev–Trinajstić information content (AvgIpc) is 2.97. The number of likely N-dealkylation sites (N-methyl/N-ethyl adjacent to an activating group) is 1. The Morgan fingerprint density at radius 3 is 2.47 bits per heavy atom. The van der Waals surface area contributed by atoms with E-state index in [-0.39, 0.29) is 11.6 Å². The van der Waals surface area contributed by atoms with Crippen molar-refractivity contribution >= 4 is 22.5 Å². The number of nitrogens with one attached hydrogen (secondary N) is 1. The van der Waals surface area contributed by atoms with E-state index in [1.807, 2.05) is 65.4 Å². The Morgan fingerprint density at radius 2 is 1.76 bits per heavy atom. The van der Waals surface area contributed by atoms with Gasteiger partial charge >= 0.3 is 0 Å². The number of pyridine rings is 3. The van der Waals surface area contributed by atoms with Crippen LogP contribution in [0, 0.1) is 0 Å². The van der Waals surface area contributed by atoms with Crippen LogP contribution in [-0.4, -0.2) is 58.9 Å². The Hall–Kier alpha value is -3.75. The summed E-state index contributed by atoms with van der Waals surface area (Å²) in [5.74, 6) is 2.03. The number of hydrogen-bond acceptors (Lipinski definition) is 7. The number of ether oxygens (including phenoxy) is 2. The number of nitrogens with zero attached hydrogens (tertiary/aromatic N) is 4. The molecule has 0 unspecified atom stereocenters. The van der Waals surface area contributed by atoms with Crippen LogP contribution in [0.15, 0.2) is 71.8 Å². The lowest BCUT2D eigenvalue weighted by molar-refractivity contribution is 0.0699. The number of aromatic nitrogens is 3. The first-order valence-corrected chi connectivity index (χ1v) is 13.4. The maximum Gasteiger partial charge on any atom is 0.259 e. The lowest BCUT2D eigenvalue weighted by Gasteiger charge is -2.26. The highest BCUT2D eigenvalue weighted by atomic mass is 16.5. The fraction of sp³-hybridized carbons (Fsp3) is 0.367. The van der Waals surface area contributed by atoms with E-state index in [2.05, 4.69) is 34.0 Å². The first-order chi connectivity index (χ1) is 18.7. The van der Waals surface area contributed by atoms with Crippen molar-refractivity contribution < 1.29 is 9.47 Å². The zero-order valence-electron chi connectivity index (χ0n) is 22.1. The minimum Gasteiger partial charge on any atom is -0.491 e.